The predicted octanol–water partition coefficient (Wildman–Crippen LogP) is 1.97. The molecule has 0 spiro atoms. The molecule has 1 aliphatic heterocycles. The van der Waals surface area contributed by atoms with E-state index in [-0.39, 0.29) is 18.1 Å². The van der Waals surface area contributed by atoms with Crippen molar-refractivity contribution in [2.24, 2.45) is 5.73 Å². The number of nitrogens with two attached hydrogens (primary N) is 1. The van der Waals surface area contributed by atoms with E-state index in [9.17, 15) is 4.79 Å². The minimum absolute atomic E-state index is 0.0488. The van der Waals surface area contributed by atoms with E-state index in [0.29, 0.717) is 6.42 Å². The number of nitrogens with one attached hydrogen (secondary N) is 1. The minimum Gasteiger partial charge on any atom is -0.461 e. The standard InChI is InChI=1S/C14H28N2O2/c1-2-3-4-5-6-7-8-14(17)18-13-9-10-16-11-12(13)15/h12-13,16H,2-11,15H2,1H3. The number of hydrogen-bond acceptors (Lipinski definition) is 4. The maximum Gasteiger partial charge on any atom is 0.306 e. The Kier molecular flexibility index (Phi) is 8.01. The third kappa shape index (κ3) is 6.36. The van der Waals surface area contributed by atoms with Crippen molar-refractivity contribution >= 4 is 5.97 Å². The Hall–Kier alpha value is -0.610. The first-order valence-electron chi connectivity index (χ1n) is 7.39. The van der Waals surface area contributed by atoms with Crippen LogP contribution >= 0.6 is 0 Å². The SMILES string of the molecule is CCCCCCCCC(=O)OC1CCNCC1N. The van der Waals surface area contributed by atoms with Crippen LogP contribution < -0.4 is 11.1 Å². The normalized spacial score (nSPS) is 23.9. The second-order valence-corrected chi connectivity index (χ2v) is 5.20. The molecule has 4 heteroatoms. The molecule has 0 aliphatic carbocycles. The summed E-state index contributed by atoms with van der Waals surface area (Å²) in [5.74, 6) is -0.0761. The van der Waals surface area contributed by atoms with Gasteiger partial charge in [-0.2, -0.15) is 0 Å². The Bertz CT molecular complexity index is 234. The number of esters is 1. The molecule has 1 rings (SSSR count). The van der Waals surface area contributed by atoms with Crippen LogP contribution in [0.3, 0.4) is 0 Å². The van der Waals surface area contributed by atoms with Crippen LogP contribution in [0.25, 0.3) is 0 Å². The molecule has 0 radical (unpaired) electrons. The zero-order valence-corrected chi connectivity index (χ0v) is 11.6. The van der Waals surface area contributed by atoms with Crippen molar-refractivity contribution in [1.82, 2.24) is 5.32 Å². The highest BCUT2D eigenvalue weighted by Gasteiger charge is 2.24. The number of rotatable bonds is 8. The Morgan fingerprint density at radius 1 is 1.28 bits per heavy atom. The zero-order valence-electron chi connectivity index (χ0n) is 11.6. The summed E-state index contributed by atoms with van der Waals surface area (Å²) in [5, 5.41) is 3.19. The second-order valence-electron chi connectivity index (χ2n) is 5.20. The highest BCUT2D eigenvalue weighted by molar-refractivity contribution is 5.69. The van der Waals surface area contributed by atoms with Gasteiger partial charge >= 0.3 is 5.97 Å². The number of hydrogen-bond donors (Lipinski definition) is 2. The lowest BCUT2D eigenvalue weighted by molar-refractivity contribution is -0.151. The van der Waals surface area contributed by atoms with Crippen LogP contribution in [-0.2, 0) is 9.53 Å². The minimum atomic E-state index is -0.0844. The fourth-order valence-electron chi connectivity index (χ4n) is 2.28. The van der Waals surface area contributed by atoms with Crippen LogP contribution in [0.1, 0.15) is 58.3 Å². The van der Waals surface area contributed by atoms with Gasteiger partial charge in [-0.1, -0.05) is 39.0 Å². The van der Waals surface area contributed by atoms with Gasteiger partial charge in [0.15, 0.2) is 0 Å². The lowest BCUT2D eigenvalue weighted by atomic mass is 10.0. The Morgan fingerprint density at radius 3 is 2.72 bits per heavy atom. The highest BCUT2D eigenvalue weighted by Crippen LogP contribution is 2.11. The molecule has 0 aromatic heterocycles. The summed E-state index contributed by atoms with van der Waals surface area (Å²) < 4.78 is 5.43. The van der Waals surface area contributed by atoms with Crippen LogP contribution in [0.2, 0.25) is 0 Å². The summed E-state index contributed by atoms with van der Waals surface area (Å²) in [6.45, 7) is 3.84. The van der Waals surface area contributed by atoms with Gasteiger partial charge in [0.25, 0.3) is 0 Å². The van der Waals surface area contributed by atoms with E-state index in [1.54, 1.807) is 0 Å². The summed E-state index contributed by atoms with van der Waals surface area (Å²) >= 11 is 0. The van der Waals surface area contributed by atoms with E-state index in [1.165, 1.54) is 25.7 Å². The largest absolute Gasteiger partial charge is 0.461 e. The quantitative estimate of drug-likeness (QED) is 0.515. The molecule has 106 valence electrons. The fraction of sp³-hybridized carbons (Fsp3) is 0.929. The molecule has 0 aromatic carbocycles. The average molecular weight is 256 g/mol. The van der Waals surface area contributed by atoms with Crippen LogP contribution in [0, 0.1) is 0 Å². The maximum absolute atomic E-state index is 11.6. The highest BCUT2D eigenvalue weighted by atomic mass is 16.5. The van der Waals surface area contributed by atoms with Crippen molar-refractivity contribution < 1.29 is 9.53 Å². The van der Waals surface area contributed by atoms with Crippen LogP contribution in [0.4, 0.5) is 0 Å². The molecule has 18 heavy (non-hydrogen) atoms. The summed E-state index contributed by atoms with van der Waals surface area (Å²) in [6.07, 6.45) is 8.45. The number of ether oxygens (including phenoxy) is 1. The van der Waals surface area contributed by atoms with Crippen LogP contribution in [0.15, 0.2) is 0 Å². The first-order chi connectivity index (χ1) is 8.74. The summed E-state index contributed by atoms with van der Waals surface area (Å²) in [7, 11) is 0. The van der Waals surface area contributed by atoms with Crippen molar-refractivity contribution in [3.63, 3.8) is 0 Å². The van der Waals surface area contributed by atoms with Gasteiger partial charge < -0.3 is 15.8 Å². The molecule has 2 unspecified atom stereocenters. The third-order valence-electron chi connectivity index (χ3n) is 3.48. The Labute approximate surface area is 111 Å². The molecular formula is C14H28N2O2. The number of piperidine rings is 1. The number of unbranched alkanes of at least 4 members (excludes halogenated alkanes) is 5. The van der Waals surface area contributed by atoms with Crippen molar-refractivity contribution in [2.75, 3.05) is 13.1 Å². The third-order valence-corrected chi connectivity index (χ3v) is 3.48. The maximum atomic E-state index is 11.6. The molecule has 1 aliphatic rings. The molecule has 1 heterocycles. The van der Waals surface area contributed by atoms with Crippen molar-refractivity contribution in [3.05, 3.63) is 0 Å². The van der Waals surface area contributed by atoms with Gasteiger partial charge in [-0.15, -0.1) is 0 Å². The van der Waals surface area contributed by atoms with Gasteiger partial charge in [0, 0.05) is 13.0 Å². The summed E-state index contributed by atoms with van der Waals surface area (Å²) in [6, 6.07) is -0.0488. The topological polar surface area (TPSA) is 64.3 Å². The lowest BCUT2D eigenvalue weighted by Gasteiger charge is -2.28. The number of carbonyl (C=O) groups excluding carboxylic acids is 1. The average Bonchev–Trinajstić information content (AvgIpc) is 2.36. The van der Waals surface area contributed by atoms with E-state index in [1.807, 2.05) is 0 Å². The van der Waals surface area contributed by atoms with E-state index in [0.717, 1.165) is 32.4 Å². The van der Waals surface area contributed by atoms with E-state index >= 15 is 0 Å². The van der Waals surface area contributed by atoms with Crippen molar-refractivity contribution in [1.29, 1.82) is 0 Å². The predicted molar refractivity (Wildman–Crippen MR) is 73.3 cm³/mol. The van der Waals surface area contributed by atoms with E-state index in [2.05, 4.69) is 12.2 Å². The molecular weight excluding hydrogens is 228 g/mol. The van der Waals surface area contributed by atoms with Gasteiger partial charge in [-0.25, -0.2) is 0 Å². The van der Waals surface area contributed by atoms with Gasteiger partial charge in [0.05, 0.1) is 6.04 Å². The molecule has 2 atom stereocenters. The molecule has 0 amide bonds. The Morgan fingerprint density at radius 2 is 2.00 bits per heavy atom. The molecule has 1 fully saturated rings. The molecule has 4 nitrogen and oxygen atoms in total. The van der Waals surface area contributed by atoms with Gasteiger partial charge in [-0.05, 0) is 19.4 Å². The van der Waals surface area contributed by atoms with Crippen LogP contribution in [0.5, 0.6) is 0 Å². The molecule has 3 N–H and O–H groups in total. The monoisotopic (exact) mass is 256 g/mol. The van der Waals surface area contributed by atoms with Gasteiger partial charge in [0.2, 0.25) is 0 Å². The molecule has 0 saturated carbocycles. The first kappa shape index (κ1) is 15.4. The smallest absolute Gasteiger partial charge is 0.306 e. The van der Waals surface area contributed by atoms with Gasteiger partial charge in [0.1, 0.15) is 6.10 Å². The van der Waals surface area contributed by atoms with E-state index in [4.69, 9.17) is 10.5 Å². The first-order valence-corrected chi connectivity index (χ1v) is 7.39. The molecule has 0 bridgehead atoms. The van der Waals surface area contributed by atoms with Crippen LogP contribution in [-0.4, -0.2) is 31.2 Å². The molecule has 1 saturated heterocycles. The lowest BCUT2D eigenvalue weighted by Crippen LogP contribution is -2.51. The van der Waals surface area contributed by atoms with Crippen molar-refractivity contribution in [3.8, 4) is 0 Å². The summed E-state index contributed by atoms with van der Waals surface area (Å²) in [5.41, 5.74) is 5.90. The number of carbonyl (C=O) groups is 1. The summed E-state index contributed by atoms with van der Waals surface area (Å²) in [4.78, 5) is 11.6. The Balaban J connectivity index is 2.02. The zero-order chi connectivity index (χ0) is 13.2. The fourth-order valence-corrected chi connectivity index (χ4v) is 2.28. The van der Waals surface area contributed by atoms with Crippen molar-refractivity contribution in [2.45, 2.75) is 70.4 Å². The second kappa shape index (κ2) is 9.34. The van der Waals surface area contributed by atoms with E-state index < -0.39 is 0 Å². The van der Waals surface area contributed by atoms with Gasteiger partial charge in [-0.3, -0.25) is 4.79 Å². The molecule has 0 aromatic rings.